The van der Waals surface area contributed by atoms with E-state index in [0.717, 1.165) is 24.8 Å². The molecule has 22 heavy (non-hydrogen) atoms. The largest absolute Gasteiger partial charge is 0.449 e. The summed E-state index contributed by atoms with van der Waals surface area (Å²) in [6, 6.07) is 0. The van der Waals surface area contributed by atoms with Gasteiger partial charge in [-0.1, -0.05) is 13.8 Å². The Hall–Kier alpha value is -0.850. The van der Waals surface area contributed by atoms with Crippen LogP contribution in [0.1, 0.15) is 21.7 Å². The highest BCUT2D eigenvalue weighted by molar-refractivity contribution is 5.67. The van der Waals surface area contributed by atoms with Gasteiger partial charge in [0.15, 0.2) is 0 Å². The van der Waals surface area contributed by atoms with Gasteiger partial charge in [-0.2, -0.15) is 0 Å². The Morgan fingerprint density at radius 1 is 1.23 bits per heavy atom. The van der Waals surface area contributed by atoms with Crippen LogP contribution < -0.4 is 5.32 Å². The van der Waals surface area contributed by atoms with E-state index in [-0.39, 0.29) is 7.52 Å². The van der Waals surface area contributed by atoms with Crippen LogP contribution in [-0.2, 0) is 9.47 Å². The molecule has 0 unspecified atom stereocenters. The molecule has 0 aliphatic carbocycles. The third-order valence-electron chi connectivity index (χ3n) is 4.58. The molecule has 3 rings (SSSR count). The zero-order chi connectivity index (χ0) is 15.8. The molecule has 0 spiro atoms. The molecule has 130 valence electrons. The molecular formula is C16H33N3O3. The van der Waals surface area contributed by atoms with Crippen molar-refractivity contribution >= 4 is 6.09 Å². The fourth-order valence-electron chi connectivity index (χ4n) is 3.42. The number of hydrogen-bond acceptors (Lipinski definition) is 5. The Bertz CT molecular complexity index is 329. The number of ether oxygens (including phenoxy) is 2. The van der Waals surface area contributed by atoms with Crippen molar-refractivity contribution in [1.29, 1.82) is 0 Å². The molecule has 3 fully saturated rings. The molecule has 3 heterocycles. The zero-order valence-electron chi connectivity index (χ0n) is 14.1. The summed E-state index contributed by atoms with van der Waals surface area (Å²) in [5.74, 6) is 1.68. The molecule has 2 atom stereocenters. The molecule has 0 bridgehead atoms. The Balaban J connectivity index is 0.000000849. The van der Waals surface area contributed by atoms with Gasteiger partial charge in [-0.25, -0.2) is 4.79 Å². The predicted octanol–water partition coefficient (Wildman–Crippen LogP) is 1.27. The minimum absolute atomic E-state index is 0. The fourth-order valence-corrected chi connectivity index (χ4v) is 3.42. The van der Waals surface area contributed by atoms with Crippen molar-refractivity contribution in [3.63, 3.8) is 0 Å². The zero-order valence-corrected chi connectivity index (χ0v) is 14.1. The lowest BCUT2D eigenvalue weighted by Crippen LogP contribution is -2.41. The average molecular weight is 315 g/mol. The smallest absolute Gasteiger partial charge is 0.409 e. The SMILES string of the molecule is CC.O=C(OCCCN1C[C@H]2CNC[C@H]2C1)N1CCOCC1.[HH]. The lowest BCUT2D eigenvalue weighted by atomic mass is 10.0. The molecule has 0 aromatic carbocycles. The minimum atomic E-state index is -0.184. The van der Waals surface area contributed by atoms with E-state index in [1.807, 2.05) is 13.8 Å². The second kappa shape index (κ2) is 9.33. The second-order valence-electron chi connectivity index (χ2n) is 6.01. The molecular weight excluding hydrogens is 282 g/mol. The first-order chi connectivity index (χ1) is 10.8. The Kier molecular flexibility index (Phi) is 7.42. The van der Waals surface area contributed by atoms with Gasteiger partial charge in [-0.15, -0.1) is 0 Å². The molecule has 0 radical (unpaired) electrons. The van der Waals surface area contributed by atoms with Crippen molar-refractivity contribution in [2.24, 2.45) is 11.8 Å². The average Bonchev–Trinajstić information content (AvgIpc) is 3.15. The van der Waals surface area contributed by atoms with E-state index in [0.29, 0.717) is 32.9 Å². The van der Waals surface area contributed by atoms with Crippen LogP contribution >= 0.6 is 0 Å². The molecule has 6 nitrogen and oxygen atoms in total. The summed E-state index contributed by atoms with van der Waals surface area (Å²) in [6.07, 6.45) is 0.749. The lowest BCUT2D eigenvalue weighted by Gasteiger charge is -2.26. The van der Waals surface area contributed by atoms with Crippen LogP contribution in [0, 0.1) is 11.8 Å². The van der Waals surface area contributed by atoms with Crippen molar-refractivity contribution < 1.29 is 15.7 Å². The van der Waals surface area contributed by atoms with Crippen LogP contribution in [0.25, 0.3) is 0 Å². The molecule has 0 aromatic heterocycles. The van der Waals surface area contributed by atoms with E-state index in [1.54, 1.807) is 4.90 Å². The fraction of sp³-hybridized carbons (Fsp3) is 0.938. The van der Waals surface area contributed by atoms with E-state index in [1.165, 1.54) is 26.2 Å². The molecule has 1 N–H and O–H groups in total. The normalized spacial score (nSPS) is 28.0. The van der Waals surface area contributed by atoms with Gasteiger partial charge in [0.1, 0.15) is 0 Å². The van der Waals surface area contributed by atoms with Crippen molar-refractivity contribution in [2.45, 2.75) is 20.3 Å². The number of carbonyl (C=O) groups is 1. The monoisotopic (exact) mass is 315 g/mol. The molecule has 3 aliphatic rings. The van der Waals surface area contributed by atoms with E-state index in [4.69, 9.17) is 9.47 Å². The first-order valence-corrected chi connectivity index (χ1v) is 8.75. The van der Waals surface area contributed by atoms with Crippen molar-refractivity contribution in [3.05, 3.63) is 0 Å². The Labute approximate surface area is 135 Å². The van der Waals surface area contributed by atoms with E-state index >= 15 is 0 Å². The van der Waals surface area contributed by atoms with Gasteiger partial charge in [0, 0.05) is 34.2 Å². The summed E-state index contributed by atoms with van der Waals surface area (Å²) in [6.45, 7) is 12.9. The number of rotatable bonds is 4. The van der Waals surface area contributed by atoms with Crippen LogP contribution in [0.4, 0.5) is 4.79 Å². The molecule has 6 heteroatoms. The molecule has 0 aromatic rings. The van der Waals surface area contributed by atoms with Gasteiger partial charge >= 0.3 is 6.09 Å². The molecule has 3 saturated heterocycles. The molecule has 1 amide bonds. The maximum Gasteiger partial charge on any atom is 0.409 e. The highest BCUT2D eigenvalue weighted by atomic mass is 16.6. The quantitative estimate of drug-likeness (QED) is 0.792. The van der Waals surface area contributed by atoms with Gasteiger partial charge in [-0.3, -0.25) is 0 Å². The van der Waals surface area contributed by atoms with Crippen LogP contribution in [0.3, 0.4) is 0 Å². The highest BCUT2D eigenvalue weighted by Gasteiger charge is 2.35. The van der Waals surface area contributed by atoms with Crippen molar-refractivity contribution in [3.8, 4) is 0 Å². The maximum atomic E-state index is 11.8. The van der Waals surface area contributed by atoms with Crippen LogP contribution in [0.2, 0.25) is 0 Å². The first kappa shape index (κ1) is 17.5. The summed E-state index contributed by atoms with van der Waals surface area (Å²) in [5.41, 5.74) is 0. The van der Waals surface area contributed by atoms with Gasteiger partial charge in [-0.05, 0) is 31.3 Å². The van der Waals surface area contributed by atoms with Crippen LogP contribution in [-0.4, -0.2) is 81.5 Å². The highest BCUT2D eigenvalue weighted by Crippen LogP contribution is 2.26. The predicted molar refractivity (Wildman–Crippen MR) is 88.1 cm³/mol. The number of nitrogens with one attached hydrogen (secondary N) is 1. The lowest BCUT2D eigenvalue weighted by molar-refractivity contribution is 0.0263. The summed E-state index contributed by atoms with van der Waals surface area (Å²) in [7, 11) is 0. The number of hydrogen-bond donors (Lipinski definition) is 1. The maximum absolute atomic E-state index is 11.8. The van der Waals surface area contributed by atoms with Gasteiger partial charge in [0.2, 0.25) is 0 Å². The van der Waals surface area contributed by atoms with Crippen LogP contribution in [0.5, 0.6) is 0 Å². The third kappa shape index (κ3) is 4.83. The molecule has 3 aliphatic heterocycles. The third-order valence-corrected chi connectivity index (χ3v) is 4.58. The summed E-state index contributed by atoms with van der Waals surface area (Å²) < 4.78 is 10.5. The van der Waals surface area contributed by atoms with Gasteiger partial charge in [0.25, 0.3) is 0 Å². The van der Waals surface area contributed by atoms with Gasteiger partial charge in [0.05, 0.1) is 19.8 Å². The topological polar surface area (TPSA) is 54.0 Å². The number of fused-ring (bicyclic) bond motifs is 1. The second-order valence-corrected chi connectivity index (χ2v) is 6.01. The first-order valence-electron chi connectivity index (χ1n) is 8.75. The number of likely N-dealkylation sites (tertiary alicyclic amines) is 1. The van der Waals surface area contributed by atoms with E-state index in [2.05, 4.69) is 10.2 Å². The summed E-state index contributed by atoms with van der Waals surface area (Å²) in [4.78, 5) is 16.0. The minimum Gasteiger partial charge on any atom is -0.449 e. The number of carbonyl (C=O) groups excluding carboxylic acids is 1. The standard InChI is InChI=1S/C14H25N3O3.C2H6.H2/c18-14(17-3-6-19-7-4-17)20-5-1-2-16-10-12-8-15-9-13(12)11-16;1-2;/h12-13,15H,1-11H2;1-2H3;1H/t12-,13+;;. The molecule has 0 saturated carbocycles. The van der Waals surface area contributed by atoms with Crippen molar-refractivity contribution in [1.82, 2.24) is 15.1 Å². The van der Waals surface area contributed by atoms with E-state index < -0.39 is 0 Å². The van der Waals surface area contributed by atoms with E-state index in [9.17, 15) is 4.79 Å². The number of morpholine rings is 1. The van der Waals surface area contributed by atoms with Crippen molar-refractivity contribution in [2.75, 3.05) is 65.6 Å². The Morgan fingerprint density at radius 3 is 2.50 bits per heavy atom. The van der Waals surface area contributed by atoms with Gasteiger partial charge < -0.3 is 24.6 Å². The number of nitrogens with zero attached hydrogens (tertiary/aromatic N) is 2. The van der Waals surface area contributed by atoms with Crippen LogP contribution in [0.15, 0.2) is 0 Å². The summed E-state index contributed by atoms with van der Waals surface area (Å²) in [5, 5.41) is 3.45. The Morgan fingerprint density at radius 2 is 1.86 bits per heavy atom. The summed E-state index contributed by atoms with van der Waals surface area (Å²) >= 11 is 0. The number of amides is 1.